The summed E-state index contributed by atoms with van der Waals surface area (Å²) < 4.78 is 26.0. The fourth-order valence-corrected chi connectivity index (χ4v) is 9.57. The Labute approximate surface area is 388 Å². The molecule has 0 heterocycles. The van der Waals surface area contributed by atoms with Crippen LogP contribution in [0.3, 0.4) is 0 Å². The number of rotatable bonds is 37. The van der Waals surface area contributed by atoms with Crippen molar-refractivity contribution >= 4 is 11.4 Å². The monoisotopic (exact) mass is 871 g/mol. The summed E-state index contributed by atoms with van der Waals surface area (Å²) in [4.78, 5) is 5.20. The zero-order chi connectivity index (χ0) is 45.7. The van der Waals surface area contributed by atoms with Gasteiger partial charge in [0.2, 0.25) is 0 Å². The van der Waals surface area contributed by atoms with Crippen LogP contribution in [0.2, 0.25) is 0 Å². The Morgan fingerprint density at radius 3 is 0.873 bits per heavy atom. The van der Waals surface area contributed by atoms with Crippen molar-refractivity contribution in [3.05, 3.63) is 70.3 Å². The number of anilines is 2. The Morgan fingerprint density at radius 1 is 0.365 bits per heavy atom. The van der Waals surface area contributed by atoms with Gasteiger partial charge in [-0.15, -0.1) is 0 Å². The molecule has 3 aromatic rings. The molecule has 0 bridgehead atoms. The summed E-state index contributed by atoms with van der Waals surface area (Å²) in [6.07, 6.45) is 30.7. The first-order chi connectivity index (χ1) is 30.8. The third kappa shape index (κ3) is 17.8. The zero-order valence-electron chi connectivity index (χ0n) is 42.4. The Balaban J connectivity index is 2.19. The molecule has 0 saturated carbocycles. The lowest BCUT2D eigenvalue weighted by Gasteiger charge is -2.32. The summed E-state index contributed by atoms with van der Waals surface area (Å²) in [5, 5.41) is 0. The van der Waals surface area contributed by atoms with Gasteiger partial charge < -0.3 is 28.7 Å². The highest BCUT2D eigenvalue weighted by Crippen LogP contribution is 2.52. The maximum absolute atomic E-state index is 6.49. The number of ether oxygens (including phenoxy) is 4. The van der Waals surface area contributed by atoms with E-state index in [-0.39, 0.29) is 5.92 Å². The highest BCUT2D eigenvalue weighted by atomic mass is 16.5. The molecule has 3 rings (SSSR count). The smallest absolute Gasteiger partial charge is 0.128 e. The maximum Gasteiger partial charge on any atom is 0.128 e. The van der Waals surface area contributed by atoms with Gasteiger partial charge in [-0.1, -0.05) is 174 Å². The van der Waals surface area contributed by atoms with Gasteiger partial charge >= 0.3 is 0 Å². The standard InChI is InChI=1S/C57H94N2O4/c1-11-15-19-23-27-31-38-58(39-32-28-24-20-16-12-2)48-42-50(60-7)55(51(43-48)61-8)57(54-46(5)36-35-37-47(54)6)56-52(62-9)44-49(45-53(56)63-10)59(40-33-29-25-21-17-13-3)41-34-30-26-22-18-14-4/h35-37,42-45,57H,11-34,38-41H2,1-10H3. The number of hydrogen-bond donors (Lipinski definition) is 0. The van der Waals surface area contributed by atoms with E-state index in [2.05, 4.69) is 93.8 Å². The predicted octanol–water partition coefficient (Wildman–Crippen LogP) is 16.6. The van der Waals surface area contributed by atoms with Crippen molar-refractivity contribution in [3.8, 4) is 23.0 Å². The minimum Gasteiger partial charge on any atom is -0.496 e. The van der Waals surface area contributed by atoms with E-state index in [1.807, 2.05) is 28.4 Å². The van der Waals surface area contributed by atoms with Gasteiger partial charge in [-0.3, -0.25) is 0 Å². The minimum absolute atomic E-state index is 0.278. The quantitative estimate of drug-likeness (QED) is 0.0425. The van der Waals surface area contributed by atoms with Gasteiger partial charge in [0.15, 0.2) is 0 Å². The molecule has 63 heavy (non-hydrogen) atoms. The van der Waals surface area contributed by atoms with Crippen LogP contribution in [0.5, 0.6) is 23.0 Å². The third-order valence-corrected chi connectivity index (χ3v) is 13.3. The van der Waals surface area contributed by atoms with Crippen LogP contribution in [0.1, 0.15) is 216 Å². The molecule has 0 aliphatic carbocycles. The fourth-order valence-electron chi connectivity index (χ4n) is 9.57. The van der Waals surface area contributed by atoms with E-state index in [0.29, 0.717) is 0 Å². The summed E-state index contributed by atoms with van der Waals surface area (Å²) in [6, 6.07) is 15.7. The number of benzene rings is 3. The number of unbranched alkanes of at least 4 members (excludes halogenated alkanes) is 20. The van der Waals surface area contributed by atoms with E-state index in [1.54, 1.807) is 0 Å². The largest absolute Gasteiger partial charge is 0.496 e. The first-order valence-electron chi connectivity index (χ1n) is 25.9. The second-order valence-electron chi connectivity index (χ2n) is 18.3. The highest BCUT2D eigenvalue weighted by Gasteiger charge is 2.34. The summed E-state index contributed by atoms with van der Waals surface area (Å²) in [5.41, 5.74) is 7.98. The van der Waals surface area contributed by atoms with Crippen molar-refractivity contribution in [3.63, 3.8) is 0 Å². The molecule has 0 unspecified atom stereocenters. The molecule has 3 aromatic carbocycles. The number of aryl methyl sites for hydroxylation is 2. The molecule has 0 aliphatic heterocycles. The lowest BCUT2D eigenvalue weighted by atomic mass is 9.79. The molecule has 0 fully saturated rings. The summed E-state index contributed by atoms with van der Waals surface area (Å²) in [6.45, 7) is 17.8. The summed E-state index contributed by atoms with van der Waals surface area (Å²) >= 11 is 0. The fraction of sp³-hybridized carbons (Fsp3) is 0.684. The first-order valence-corrected chi connectivity index (χ1v) is 25.9. The van der Waals surface area contributed by atoms with Crippen LogP contribution in [-0.4, -0.2) is 54.6 Å². The van der Waals surface area contributed by atoms with Crippen LogP contribution in [-0.2, 0) is 0 Å². The van der Waals surface area contributed by atoms with Crippen LogP contribution >= 0.6 is 0 Å². The molecule has 6 heteroatoms. The number of nitrogens with zero attached hydrogens (tertiary/aromatic N) is 2. The number of methoxy groups -OCH3 is 4. The Bertz CT molecular complexity index is 1460. The molecular formula is C57H94N2O4. The lowest BCUT2D eigenvalue weighted by Crippen LogP contribution is -2.26. The van der Waals surface area contributed by atoms with E-state index in [0.717, 1.165) is 60.3 Å². The molecule has 0 spiro atoms. The Morgan fingerprint density at radius 2 is 0.619 bits per heavy atom. The van der Waals surface area contributed by atoms with Gasteiger partial charge in [0.1, 0.15) is 23.0 Å². The van der Waals surface area contributed by atoms with Gasteiger partial charge in [-0.05, 0) is 56.2 Å². The first kappa shape index (κ1) is 53.8. The molecule has 0 N–H and O–H groups in total. The maximum atomic E-state index is 6.49. The second kappa shape index (κ2) is 32.2. The van der Waals surface area contributed by atoms with Crippen LogP contribution in [0.4, 0.5) is 11.4 Å². The van der Waals surface area contributed by atoms with Gasteiger partial charge in [0.05, 0.1) is 28.4 Å². The zero-order valence-corrected chi connectivity index (χ0v) is 42.4. The van der Waals surface area contributed by atoms with Crippen LogP contribution in [0.25, 0.3) is 0 Å². The lowest BCUT2D eigenvalue weighted by molar-refractivity contribution is 0.373. The molecule has 0 amide bonds. The van der Waals surface area contributed by atoms with E-state index in [1.165, 1.54) is 182 Å². The summed E-state index contributed by atoms with van der Waals surface area (Å²) in [5.74, 6) is 3.03. The molecule has 0 radical (unpaired) electrons. The SMILES string of the molecule is CCCCCCCCN(CCCCCCCC)c1cc(OC)c(C(c2c(C)cccc2C)c2c(OC)cc(N(CCCCCCCC)CCCCCCCC)cc2OC)c(OC)c1. The average molecular weight is 871 g/mol. The second-order valence-corrected chi connectivity index (χ2v) is 18.3. The molecule has 0 aromatic heterocycles. The number of hydrogen-bond acceptors (Lipinski definition) is 6. The van der Waals surface area contributed by atoms with Crippen molar-refractivity contribution in [1.29, 1.82) is 0 Å². The van der Waals surface area contributed by atoms with Crippen molar-refractivity contribution < 1.29 is 18.9 Å². The van der Waals surface area contributed by atoms with Gasteiger partial charge in [-0.25, -0.2) is 0 Å². The van der Waals surface area contributed by atoms with Crippen LogP contribution < -0.4 is 28.7 Å². The average Bonchev–Trinajstić information content (AvgIpc) is 3.30. The molecule has 0 saturated heterocycles. The minimum atomic E-state index is -0.278. The molecular weight excluding hydrogens is 777 g/mol. The molecule has 6 nitrogen and oxygen atoms in total. The van der Waals surface area contributed by atoms with E-state index in [4.69, 9.17) is 18.9 Å². The van der Waals surface area contributed by atoms with Crippen molar-refractivity contribution in [2.45, 2.75) is 202 Å². The third-order valence-electron chi connectivity index (χ3n) is 13.3. The van der Waals surface area contributed by atoms with Crippen LogP contribution in [0.15, 0.2) is 42.5 Å². The predicted molar refractivity (Wildman–Crippen MR) is 274 cm³/mol. The molecule has 0 atom stereocenters. The van der Waals surface area contributed by atoms with E-state index >= 15 is 0 Å². The summed E-state index contributed by atoms with van der Waals surface area (Å²) in [7, 11) is 7.26. The van der Waals surface area contributed by atoms with Crippen molar-refractivity contribution in [2.75, 3.05) is 64.4 Å². The molecule has 0 aliphatic rings. The normalized spacial score (nSPS) is 11.3. The topological polar surface area (TPSA) is 43.4 Å². The van der Waals surface area contributed by atoms with E-state index < -0.39 is 0 Å². The van der Waals surface area contributed by atoms with Crippen LogP contribution in [0, 0.1) is 13.8 Å². The Kier molecular flexibility index (Phi) is 27.5. The highest BCUT2D eigenvalue weighted by molar-refractivity contribution is 5.70. The van der Waals surface area contributed by atoms with Crippen molar-refractivity contribution in [1.82, 2.24) is 0 Å². The van der Waals surface area contributed by atoms with Gasteiger partial charge in [0.25, 0.3) is 0 Å². The Hall–Kier alpha value is -3.54. The van der Waals surface area contributed by atoms with E-state index in [9.17, 15) is 0 Å². The van der Waals surface area contributed by atoms with Crippen molar-refractivity contribution in [2.24, 2.45) is 0 Å². The molecule has 356 valence electrons. The van der Waals surface area contributed by atoms with Gasteiger partial charge in [0, 0.05) is 78.9 Å². The van der Waals surface area contributed by atoms with Gasteiger partial charge in [-0.2, -0.15) is 0 Å².